The van der Waals surface area contributed by atoms with Crippen LogP contribution in [-0.4, -0.2) is 21.8 Å². The van der Waals surface area contributed by atoms with Gasteiger partial charge in [-0.15, -0.1) is 0 Å². The summed E-state index contributed by atoms with van der Waals surface area (Å²) in [4.78, 5) is 9.88. The minimum Gasteiger partial charge on any atom is -0.280 e. The molecule has 3 aromatic rings. The highest BCUT2D eigenvalue weighted by Crippen LogP contribution is 2.30. The molecular formula is C20H19N3O6S2. The van der Waals surface area contributed by atoms with E-state index in [1.54, 1.807) is 37.3 Å². The fourth-order valence-corrected chi connectivity index (χ4v) is 5.60. The molecule has 0 atom stereocenters. The first-order valence-electron chi connectivity index (χ1n) is 8.96. The van der Waals surface area contributed by atoms with E-state index in [-0.39, 0.29) is 21.2 Å². The van der Waals surface area contributed by atoms with E-state index in [0.29, 0.717) is 16.8 Å². The zero-order valence-corrected chi connectivity index (χ0v) is 18.2. The van der Waals surface area contributed by atoms with E-state index in [9.17, 15) is 26.9 Å². The lowest BCUT2D eigenvalue weighted by Gasteiger charge is -2.15. The average molecular weight is 462 g/mol. The lowest BCUT2D eigenvalue weighted by molar-refractivity contribution is -0.385. The molecule has 0 radical (unpaired) electrons. The standard InChI is InChI=1S/C20H19N3O6S2/c1-14-12-17(23(24)25)13-20(15(14)2)31(28,29)22-18-10-6-7-11-19(18)30(26,27)21-16-8-4-3-5-9-16/h3-13,21-22H,1-2H3. The topological polar surface area (TPSA) is 135 Å². The molecular weight excluding hydrogens is 442 g/mol. The molecule has 162 valence electrons. The SMILES string of the molecule is Cc1cc([N+](=O)[O-])cc(S(=O)(=O)Nc2ccccc2S(=O)(=O)Nc2ccccc2)c1C. The Kier molecular flexibility index (Phi) is 6.00. The zero-order chi connectivity index (χ0) is 22.8. The fraction of sp³-hybridized carbons (Fsp3) is 0.100. The van der Waals surface area contributed by atoms with E-state index in [1.807, 2.05) is 0 Å². The van der Waals surface area contributed by atoms with Gasteiger partial charge >= 0.3 is 0 Å². The molecule has 9 nitrogen and oxygen atoms in total. The van der Waals surface area contributed by atoms with Gasteiger partial charge in [-0.25, -0.2) is 16.8 Å². The number of nitrogens with zero attached hydrogens (tertiary/aromatic N) is 1. The summed E-state index contributed by atoms with van der Waals surface area (Å²) in [6.07, 6.45) is 0. The van der Waals surface area contributed by atoms with E-state index in [4.69, 9.17) is 0 Å². The Morgan fingerprint density at radius 2 is 1.35 bits per heavy atom. The number of non-ortho nitro benzene ring substituents is 1. The summed E-state index contributed by atoms with van der Waals surface area (Å²) in [5.74, 6) is 0. The molecule has 11 heteroatoms. The van der Waals surface area contributed by atoms with Crippen LogP contribution >= 0.6 is 0 Å². The zero-order valence-electron chi connectivity index (χ0n) is 16.6. The van der Waals surface area contributed by atoms with Crippen molar-refractivity contribution in [3.05, 3.63) is 88.0 Å². The van der Waals surface area contributed by atoms with E-state index in [1.165, 1.54) is 37.3 Å². The molecule has 0 spiro atoms. The molecule has 2 N–H and O–H groups in total. The van der Waals surface area contributed by atoms with Gasteiger partial charge in [-0.1, -0.05) is 30.3 Å². The van der Waals surface area contributed by atoms with E-state index >= 15 is 0 Å². The summed E-state index contributed by atoms with van der Waals surface area (Å²) in [6, 6.07) is 15.9. The number of anilines is 2. The maximum atomic E-state index is 13.0. The lowest BCUT2D eigenvalue weighted by Crippen LogP contribution is -2.19. The van der Waals surface area contributed by atoms with Crippen molar-refractivity contribution < 1.29 is 21.8 Å². The van der Waals surface area contributed by atoms with Gasteiger partial charge in [0.2, 0.25) is 0 Å². The number of nitro groups is 1. The normalized spacial score (nSPS) is 11.7. The summed E-state index contributed by atoms with van der Waals surface area (Å²) in [6.45, 7) is 3.08. The van der Waals surface area contributed by atoms with E-state index in [0.717, 1.165) is 6.07 Å². The Morgan fingerprint density at radius 3 is 2.00 bits per heavy atom. The maximum absolute atomic E-state index is 13.0. The minimum atomic E-state index is -4.32. The summed E-state index contributed by atoms with van der Waals surface area (Å²) in [5.41, 5.74) is 0.483. The van der Waals surface area contributed by atoms with Crippen molar-refractivity contribution in [1.82, 2.24) is 0 Å². The number of sulfonamides is 2. The molecule has 0 aliphatic carbocycles. The van der Waals surface area contributed by atoms with Crippen LogP contribution < -0.4 is 9.44 Å². The predicted molar refractivity (Wildman–Crippen MR) is 117 cm³/mol. The molecule has 0 fully saturated rings. The molecule has 0 amide bonds. The van der Waals surface area contributed by atoms with Crippen molar-refractivity contribution in [3.63, 3.8) is 0 Å². The Labute approximate surface area is 180 Å². The third-order valence-corrected chi connectivity index (χ3v) is 7.48. The Hall–Kier alpha value is -3.44. The minimum absolute atomic E-state index is 0.186. The molecule has 0 aromatic heterocycles. The van der Waals surface area contributed by atoms with Gasteiger partial charge in [-0.05, 0) is 49.2 Å². The summed E-state index contributed by atoms with van der Waals surface area (Å²) in [5, 5.41) is 11.2. The first kappa shape index (κ1) is 22.2. The van der Waals surface area contributed by atoms with Gasteiger partial charge in [-0.2, -0.15) is 0 Å². The third kappa shape index (κ3) is 4.84. The highest BCUT2D eigenvalue weighted by molar-refractivity contribution is 7.94. The van der Waals surface area contributed by atoms with Crippen LogP contribution in [0.3, 0.4) is 0 Å². The van der Waals surface area contributed by atoms with Crippen LogP contribution in [0.5, 0.6) is 0 Å². The van der Waals surface area contributed by atoms with Crippen LogP contribution in [0.2, 0.25) is 0 Å². The predicted octanol–water partition coefficient (Wildman–Crippen LogP) is 3.81. The summed E-state index contributed by atoms with van der Waals surface area (Å²) in [7, 11) is -8.45. The number of hydrogen-bond donors (Lipinski definition) is 2. The second-order valence-corrected chi connectivity index (χ2v) is 10.0. The van der Waals surface area contributed by atoms with Crippen molar-refractivity contribution in [2.75, 3.05) is 9.44 Å². The molecule has 0 aliphatic heterocycles. The lowest BCUT2D eigenvalue weighted by atomic mass is 10.1. The molecule has 0 saturated heterocycles. The van der Waals surface area contributed by atoms with Crippen LogP contribution in [0.4, 0.5) is 17.1 Å². The van der Waals surface area contributed by atoms with Gasteiger partial charge in [-0.3, -0.25) is 19.6 Å². The number of rotatable bonds is 7. The second kappa shape index (κ2) is 8.36. The van der Waals surface area contributed by atoms with Crippen molar-refractivity contribution in [2.24, 2.45) is 0 Å². The van der Waals surface area contributed by atoms with Gasteiger partial charge in [0.25, 0.3) is 25.7 Å². The van der Waals surface area contributed by atoms with Crippen molar-refractivity contribution >= 4 is 37.1 Å². The average Bonchev–Trinajstić information content (AvgIpc) is 2.70. The first-order valence-corrected chi connectivity index (χ1v) is 11.9. The molecule has 0 saturated carbocycles. The molecule has 0 aliphatic rings. The number of hydrogen-bond acceptors (Lipinski definition) is 6. The molecule has 0 unspecified atom stereocenters. The van der Waals surface area contributed by atoms with Gasteiger partial charge in [0.05, 0.1) is 15.5 Å². The molecule has 3 rings (SSSR count). The molecule has 0 heterocycles. The number of benzene rings is 3. The Morgan fingerprint density at radius 1 is 0.774 bits per heavy atom. The molecule has 31 heavy (non-hydrogen) atoms. The van der Waals surface area contributed by atoms with Crippen LogP contribution in [0.25, 0.3) is 0 Å². The van der Waals surface area contributed by atoms with Crippen LogP contribution in [0, 0.1) is 24.0 Å². The van der Waals surface area contributed by atoms with Crippen molar-refractivity contribution in [1.29, 1.82) is 0 Å². The number of nitro benzene ring substituents is 1. The quantitative estimate of drug-likeness (QED) is 0.406. The van der Waals surface area contributed by atoms with Gasteiger partial charge in [0.15, 0.2) is 0 Å². The highest BCUT2D eigenvalue weighted by atomic mass is 32.2. The number of aryl methyl sites for hydroxylation is 1. The van der Waals surface area contributed by atoms with E-state index in [2.05, 4.69) is 9.44 Å². The Balaban J connectivity index is 2.04. The van der Waals surface area contributed by atoms with Gasteiger partial charge in [0.1, 0.15) is 4.90 Å². The van der Waals surface area contributed by atoms with Crippen LogP contribution in [0.1, 0.15) is 11.1 Å². The summed E-state index contributed by atoms with van der Waals surface area (Å²) < 4.78 is 56.5. The fourth-order valence-electron chi connectivity index (χ4n) is 2.89. The van der Waals surface area contributed by atoms with Crippen molar-refractivity contribution in [2.45, 2.75) is 23.6 Å². The van der Waals surface area contributed by atoms with Crippen molar-refractivity contribution in [3.8, 4) is 0 Å². The third-order valence-electron chi connectivity index (χ3n) is 4.55. The van der Waals surface area contributed by atoms with Crippen LogP contribution in [-0.2, 0) is 20.0 Å². The largest absolute Gasteiger partial charge is 0.280 e. The second-order valence-electron chi connectivity index (χ2n) is 6.72. The molecule has 0 bridgehead atoms. The van der Waals surface area contributed by atoms with Crippen LogP contribution in [0.15, 0.2) is 76.5 Å². The molecule has 3 aromatic carbocycles. The number of nitrogens with one attached hydrogen (secondary N) is 2. The summed E-state index contributed by atoms with van der Waals surface area (Å²) >= 11 is 0. The number of para-hydroxylation sites is 2. The highest BCUT2D eigenvalue weighted by Gasteiger charge is 2.26. The van der Waals surface area contributed by atoms with Gasteiger partial charge < -0.3 is 0 Å². The van der Waals surface area contributed by atoms with E-state index < -0.39 is 25.0 Å². The monoisotopic (exact) mass is 461 g/mol. The maximum Gasteiger partial charge on any atom is 0.271 e. The van der Waals surface area contributed by atoms with Gasteiger partial charge in [0, 0.05) is 17.8 Å². The first-order chi connectivity index (χ1) is 14.5. The smallest absolute Gasteiger partial charge is 0.271 e. The Bertz CT molecular complexity index is 1350.